The Labute approximate surface area is 95.9 Å². The summed E-state index contributed by atoms with van der Waals surface area (Å²) < 4.78 is 26.1. The van der Waals surface area contributed by atoms with Crippen molar-refractivity contribution in [2.75, 3.05) is 7.05 Å². The first kappa shape index (κ1) is 13.1. The second-order valence-corrected chi connectivity index (χ2v) is 4.52. The molecule has 0 heterocycles. The summed E-state index contributed by atoms with van der Waals surface area (Å²) in [5.74, 6) is -0.436. The van der Waals surface area contributed by atoms with Gasteiger partial charge in [0.2, 0.25) is 0 Å². The van der Waals surface area contributed by atoms with Gasteiger partial charge in [-0.05, 0) is 43.5 Å². The maximum atomic E-state index is 13.1. The van der Waals surface area contributed by atoms with E-state index in [9.17, 15) is 8.78 Å². The Morgan fingerprint density at radius 3 is 2.06 bits per heavy atom. The third kappa shape index (κ3) is 3.89. The van der Waals surface area contributed by atoms with Crippen LogP contribution in [0.15, 0.2) is 18.2 Å². The Hall–Kier alpha value is -0.960. The van der Waals surface area contributed by atoms with Gasteiger partial charge in [0, 0.05) is 12.1 Å². The molecule has 1 atom stereocenters. The Balaban J connectivity index is 2.78. The van der Waals surface area contributed by atoms with Crippen molar-refractivity contribution >= 4 is 0 Å². The zero-order chi connectivity index (χ0) is 12.1. The Bertz CT molecular complexity index is 316. The molecule has 0 bridgehead atoms. The van der Waals surface area contributed by atoms with Crippen molar-refractivity contribution in [2.24, 2.45) is 5.92 Å². The number of halogens is 2. The summed E-state index contributed by atoms with van der Waals surface area (Å²) in [6.45, 7) is 4.28. The van der Waals surface area contributed by atoms with Gasteiger partial charge in [-0.2, -0.15) is 0 Å². The van der Waals surface area contributed by atoms with Crippen molar-refractivity contribution in [3.8, 4) is 0 Å². The molecule has 0 aliphatic carbocycles. The number of hydrogen-bond acceptors (Lipinski definition) is 1. The molecule has 0 amide bonds. The first-order chi connectivity index (χ1) is 7.52. The number of hydrogen-bond donors (Lipinski definition) is 1. The van der Waals surface area contributed by atoms with Gasteiger partial charge >= 0.3 is 0 Å². The molecular formula is C13H19F2N. The average molecular weight is 227 g/mol. The SMILES string of the molecule is CNC(CCC(C)C)c1cc(F)cc(F)c1. The molecule has 90 valence electrons. The van der Waals surface area contributed by atoms with Crippen molar-refractivity contribution in [1.82, 2.24) is 5.32 Å². The monoisotopic (exact) mass is 227 g/mol. The minimum atomic E-state index is -0.514. The highest BCUT2D eigenvalue weighted by molar-refractivity contribution is 5.21. The number of benzene rings is 1. The molecule has 0 aromatic heterocycles. The zero-order valence-corrected chi connectivity index (χ0v) is 10.1. The Morgan fingerprint density at radius 2 is 1.62 bits per heavy atom. The predicted molar refractivity (Wildman–Crippen MR) is 62.2 cm³/mol. The minimum Gasteiger partial charge on any atom is -0.313 e. The molecule has 1 rings (SSSR count). The molecule has 1 N–H and O–H groups in total. The normalized spacial score (nSPS) is 13.1. The molecule has 0 fully saturated rings. The smallest absolute Gasteiger partial charge is 0.126 e. The van der Waals surface area contributed by atoms with Crippen LogP contribution < -0.4 is 5.32 Å². The molecule has 1 aromatic carbocycles. The van der Waals surface area contributed by atoms with Gasteiger partial charge in [-0.3, -0.25) is 0 Å². The standard InChI is InChI=1S/C13H19F2N/c1-9(2)4-5-13(16-3)10-6-11(14)8-12(15)7-10/h6-9,13,16H,4-5H2,1-3H3. The fraction of sp³-hybridized carbons (Fsp3) is 0.538. The molecule has 0 aliphatic heterocycles. The summed E-state index contributed by atoms with van der Waals surface area (Å²) in [5.41, 5.74) is 0.681. The number of nitrogens with one attached hydrogen (secondary N) is 1. The van der Waals surface area contributed by atoms with E-state index in [1.807, 2.05) is 7.05 Å². The summed E-state index contributed by atoms with van der Waals surface area (Å²) >= 11 is 0. The second-order valence-electron chi connectivity index (χ2n) is 4.52. The average Bonchev–Trinajstić information content (AvgIpc) is 2.16. The maximum Gasteiger partial charge on any atom is 0.126 e. The topological polar surface area (TPSA) is 12.0 Å². The molecule has 0 saturated carbocycles. The lowest BCUT2D eigenvalue weighted by Crippen LogP contribution is -2.17. The summed E-state index contributed by atoms with van der Waals surface area (Å²) in [4.78, 5) is 0. The van der Waals surface area contributed by atoms with Gasteiger partial charge in [0.05, 0.1) is 0 Å². The quantitative estimate of drug-likeness (QED) is 0.809. The maximum absolute atomic E-state index is 13.1. The lowest BCUT2D eigenvalue weighted by molar-refractivity contribution is 0.460. The summed E-state index contributed by atoms with van der Waals surface area (Å²) in [5, 5.41) is 3.09. The van der Waals surface area contributed by atoms with Crippen molar-refractivity contribution in [2.45, 2.75) is 32.7 Å². The fourth-order valence-electron chi connectivity index (χ4n) is 1.75. The molecule has 0 saturated heterocycles. The van der Waals surface area contributed by atoms with Crippen LogP contribution in [-0.2, 0) is 0 Å². The van der Waals surface area contributed by atoms with E-state index in [1.165, 1.54) is 12.1 Å². The molecule has 16 heavy (non-hydrogen) atoms. The van der Waals surface area contributed by atoms with Gasteiger partial charge in [0.1, 0.15) is 11.6 Å². The molecule has 3 heteroatoms. The van der Waals surface area contributed by atoms with Crippen LogP contribution in [0.5, 0.6) is 0 Å². The molecule has 0 spiro atoms. The van der Waals surface area contributed by atoms with Crippen molar-refractivity contribution in [1.29, 1.82) is 0 Å². The van der Waals surface area contributed by atoms with Gasteiger partial charge in [-0.15, -0.1) is 0 Å². The highest BCUT2D eigenvalue weighted by atomic mass is 19.1. The second kappa shape index (κ2) is 5.94. The summed E-state index contributed by atoms with van der Waals surface area (Å²) in [6, 6.07) is 3.71. The van der Waals surface area contributed by atoms with Crippen LogP contribution in [0.4, 0.5) is 8.78 Å². The minimum absolute atomic E-state index is 0.0209. The van der Waals surface area contributed by atoms with Gasteiger partial charge < -0.3 is 5.32 Å². The molecule has 0 radical (unpaired) electrons. The Morgan fingerprint density at radius 1 is 1.06 bits per heavy atom. The molecule has 1 nitrogen and oxygen atoms in total. The van der Waals surface area contributed by atoms with Crippen LogP contribution in [0.2, 0.25) is 0 Å². The van der Waals surface area contributed by atoms with Crippen molar-refractivity contribution in [3.05, 3.63) is 35.4 Å². The highest BCUT2D eigenvalue weighted by Gasteiger charge is 2.12. The van der Waals surface area contributed by atoms with Crippen LogP contribution in [0, 0.1) is 17.6 Å². The van der Waals surface area contributed by atoms with Gasteiger partial charge in [-0.1, -0.05) is 13.8 Å². The summed E-state index contributed by atoms with van der Waals surface area (Å²) in [6.07, 6.45) is 1.92. The molecule has 1 aromatic rings. The van der Waals surface area contributed by atoms with E-state index >= 15 is 0 Å². The van der Waals surface area contributed by atoms with E-state index in [1.54, 1.807) is 0 Å². The zero-order valence-electron chi connectivity index (χ0n) is 10.1. The van der Waals surface area contributed by atoms with E-state index in [4.69, 9.17) is 0 Å². The van der Waals surface area contributed by atoms with Gasteiger partial charge in [-0.25, -0.2) is 8.78 Å². The summed E-state index contributed by atoms with van der Waals surface area (Å²) in [7, 11) is 1.81. The van der Waals surface area contributed by atoms with Crippen molar-refractivity contribution < 1.29 is 8.78 Å². The van der Waals surface area contributed by atoms with E-state index in [-0.39, 0.29) is 6.04 Å². The molecule has 1 unspecified atom stereocenters. The van der Waals surface area contributed by atoms with Crippen LogP contribution in [0.3, 0.4) is 0 Å². The third-order valence-corrected chi connectivity index (χ3v) is 2.67. The molecule has 0 aliphatic rings. The van der Waals surface area contributed by atoms with Crippen LogP contribution in [0.25, 0.3) is 0 Å². The first-order valence-corrected chi connectivity index (χ1v) is 5.66. The third-order valence-electron chi connectivity index (χ3n) is 2.67. The van der Waals surface area contributed by atoms with Crippen LogP contribution in [0.1, 0.15) is 38.3 Å². The fourth-order valence-corrected chi connectivity index (χ4v) is 1.75. The first-order valence-electron chi connectivity index (χ1n) is 5.66. The number of rotatable bonds is 5. The van der Waals surface area contributed by atoms with Crippen LogP contribution in [-0.4, -0.2) is 7.05 Å². The highest BCUT2D eigenvalue weighted by Crippen LogP contribution is 2.22. The Kier molecular flexibility index (Phi) is 4.87. The van der Waals surface area contributed by atoms with E-state index in [0.717, 1.165) is 18.9 Å². The predicted octanol–water partition coefficient (Wildman–Crippen LogP) is 3.66. The van der Waals surface area contributed by atoms with Crippen LogP contribution >= 0.6 is 0 Å². The van der Waals surface area contributed by atoms with Gasteiger partial charge in [0.15, 0.2) is 0 Å². The van der Waals surface area contributed by atoms with E-state index in [2.05, 4.69) is 19.2 Å². The van der Waals surface area contributed by atoms with Gasteiger partial charge in [0.25, 0.3) is 0 Å². The largest absolute Gasteiger partial charge is 0.313 e. The molecular weight excluding hydrogens is 208 g/mol. The van der Waals surface area contributed by atoms with E-state index in [0.29, 0.717) is 11.5 Å². The lowest BCUT2D eigenvalue weighted by Gasteiger charge is -2.18. The van der Waals surface area contributed by atoms with Crippen molar-refractivity contribution in [3.63, 3.8) is 0 Å². The lowest BCUT2D eigenvalue weighted by atomic mass is 9.97. The van der Waals surface area contributed by atoms with E-state index < -0.39 is 11.6 Å².